The second-order valence-corrected chi connectivity index (χ2v) is 8.22. The molecule has 0 aliphatic carbocycles. The van der Waals surface area contributed by atoms with Crippen LogP contribution >= 0.6 is 11.3 Å². The number of H-pyrrole nitrogens is 1. The number of carbonyl (C=O) groups excluding carboxylic acids is 1. The molecule has 0 atom stereocenters. The Kier molecular flexibility index (Phi) is 5.46. The molecule has 8 heteroatoms. The van der Waals surface area contributed by atoms with E-state index in [0.717, 1.165) is 23.5 Å². The number of aryl methyl sites for hydroxylation is 1. The van der Waals surface area contributed by atoms with Crippen LogP contribution in [0.15, 0.2) is 16.2 Å². The number of nitrogens with zero attached hydrogens (tertiary/aromatic N) is 4. The predicted molar refractivity (Wildman–Crippen MR) is 107 cm³/mol. The molecule has 0 radical (unpaired) electrons. The summed E-state index contributed by atoms with van der Waals surface area (Å²) in [4.78, 5) is 33.6. The number of thiophene rings is 1. The highest BCUT2D eigenvalue weighted by Gasteiger charge is 2.19. The van der Waals surface area contributed by atoms with Crippen molar-refractivity contribution in [1.29, 1.82) is 0 Å². The van der Waals surface area contributed by atoms with Gasteiger partial charge in [-0.2, -0.15) is 5.10 Å². The molecular formula is C19H25N5O2S. The van der Waals surface area contributed by atoms with Gasteiger partial charge >= 0.3 is 0 Å². The number of hydrogen-bond acceptors (Lipinski definition) is 5. The second kappa shape index (κ2) is 7.64. The van der Waals surface area contributed by atoms with E-state index >= 15 is 0 Å². The lowest BCUT2D eigenvalue weighted by Gasteiger charge is -2.17. The average molecular weight is 388 g/mol. The van der Waals surface area contributed by atoms with Gasteiger partial charge in [0.1, 0.15) is 10.5 Å². The Morgan fingerprint density at radius 1 is 1.37 bits per heavy atom. The largest absolute Gasteiger partial charge is 0.338 e. The van der Waals surface area contributed by atoms with Crippen LogP contribution in [-0.2, 0) is 24.3 Å². The summed E-state index contributed by atoms with van der Waals surface area (Å²) in [5.41, 5.74) is 3.41. The maximum absolute atomic E-state index is 12.7. The molecule has 7 nitrogen and oxygen atoms in total. The molecule has 1 amide bonds. The van der Waals surface area contributed by atoms with Crippen LogP contribution in [0.1, 0.15) is 36.6 Å². The van der Waals surface area contributed by atoms with Crippen LogP contribution < -0.4 is 5.56 Å². The lowest BCUT2D eigenvalue weighted by Crippen LogP contribution is -2.29. The third kappa shape index (κ3) is 4.10. The van der Waals surface area contributed by atoms with Crippen molar-refractivity contribution in [3.05, 3.63) is 44.6 Å². The molecule has 3 aromatic rings. The van der Waals surface area contributed by atoms with Crippen LogP contribution in [0.3, 0.4) is 0 Å². The molecule has 3 rings (SSSR count). The van der Waals surface area contributed by atoms with Crippen LogP contribution in [0.25, 0.3) is 10.2 Å². The predicted octanol–water partition coefficient (Wildman–Crippen LogP) is 2.66. The van der Waals surface area contributed by atoms with Gasteiger partial charge in [0.05, 0.1) is 24.2 Å². The van der Waals surface area contributed by atoms with Gasteiger partial charge in [0.2, 0.25) is 5.91 Å². The zero-order valence-corrected chi connectivity index (χ0v) is 17.2. The molecule has 0 aliphatic rings. The first-order valence-corrected chi connectivity index (χ1v) is 9.87. The van der Waals surface area contributed by atoms with Crippen molar-refractivity contribution >= 4 is 27.5 Å². The number of fused-ring (bicyclic) bond motifs is 1. The number of rotatable bonds is 6. The Labute approximate surface area is 162 Å². The third-order valence-electron chi connectivity index (χ3n) is 4.57. The average Bonchev–Trinajstić information content (AvgIpc) is 3.15. The summed E-state index contributed by atoms with van der Waals surface area (Å²) < 4.78 is 2.59. The molecule has 3 heterocycles. The van der Waals surface area contributed by atoms with E-state index in [0.29, 0.717) is 22.0 Å². The summed E-state index contributed by atoms with van der Waals surface area (Å²) in [7, 11) is 1.73. The van der Waals surface area contributed by atoms with Crippen molar-refractivity contribution in [2.75, 3.05) is 7.05 Å². The van der Waals surface area contributed by atoms with E-state index < -0.39 is 0 Å². The molecule has 0 spiro atoms. The fourth-order valence-electron chi connectivity index (χ4n) is 3.11. The van der Waals surface area contributed by atoms with Crippen molar-refractivity contribution in [2.45, 2.75) is 47.2 Å². The first kappa shape index (κ1) is 19.3. The molecule has 27 heavy (non-hydrogen) atoms. The normalized spacial score (nSPS) is 11.5. The van der Waals surface area contributed by atoms with E-state index in [2.05, 4.69) is 28.9 Å². The number of amides is 1. The lowest BCUT2D eigenvalue weighted by atomic mass is 10.1. The smallest absolute Gasteiger partial charge is 0.268 e. The van der Waals surface area contributed by atoms with Gasteiger partial charge < -0.3 is 9.88 Å². The molecule has 3 aromatic heterocycles. The summed E-state index contributed by atoms with van der Waals surface area (Å²) in [5, 5.41) is 6.41. The monoisotopic (exact) mass is 387 g/mol. The maximum atomic E-state index is 12.7. The van der Waals surface area contributed by atoms with Gasteiger partial charge in [-0.1, -0.05) is 13.8 Å². The van der Waals surface area contributed by atoms with E-state index in [9.17, 15) is 9.59 Å². The minimum atomic E-state index is -0.160. The Hall–Kier alpha value is -2.48. The van der Waals surface area contributed by atoms with Gasteiger partial charge in [-0.25, -0.2) is 4.98 Å². The second-order valence-electron chi connectivity index (χ2n) is 7.30. The molecule has 0 fully saturated rings. The summed E-state index contributed by atoms with van der Waals surface area (Å²) in [6.07, 6.45) is 0.289. The Morgan fingerprint density at radius 2 is 2.11 bits per heavy atom. The standard InChI is InChI=1S/C19H25N5O2S/c1-11(2)9-24-13(4)14(12(3)22-24)8-17(25)23(5)10-16-20-15-6-7-27-18(15)19(26)21-16/h6-7,11H,8-10H2,1-5H3,(H,20,21,26). The van der Waals surface area contributed by atoms with Crippen LogP contribution in [0, 0.1) is 19.8 Å². The van der Waals surface area contributed by atoms with E-state index in [4.69, 9.17) is 0 Å². The molecule has 0 bridgehead atoms. The topological polar surface area (TPSA) is 83.9 Å². The molecule has 0 unspecified atom stereocenters. The van der Waals surface area contributed by atoms with Gasteiger partial charge in [0.25, 0.3) is 5.56 Å². The molecule has 144 valence electrons. The molecule has 0 saturated heterocycles. The molecule has 0 saturated carbocycles. The fraction of sp³-hybridized carbons (Fsp3) is 0.474. The van der Waals surface area contributed by atoms with E-state index in [1.165, 1.54) is 11.3 Å². The number of carbonyl (C=O) groups is 1. The molecule has 0 aliphatic heterocycles. The number of likely N-dealkylation sites (N-methyl/N-ethyl adjacent to an activating group) is 1. The van der Waals surface area contributed by atoms with E-state index in [1.54, 1.807) is 11.9 Å². The number of nitrogens with one attached hydrogen (secondary N) is 1. The van der Waals surface area contributed by atoms with Gasteiger partial charge in [-0.05, 0) is 31.2 Å². The quantitative estimate of drug-likeness (QED) is 0.705. The van der Waals surface area contributed by atoms with Crippen LogP contribution in [0.5, 0.6) is 0 Å². The lowest BCUT2D eigenvalue weighted by molar-refractivity contribution is -0.129. The third-order valence-corrected chi connectivity index (χ3v) is 5.48. The zero-order chi connectivity index (χ0) is 19.7. The van der Waals surface area contributed by atoms with Crippen LogP contribution in [0.4, 0.5) is 0 Å². The van der Waals surface area contributed by atoms with Gasteiger partial charge in [0.15, 0.2) is 0 Å². The number of hydrogen-bond donors (Lipinski definition) is 1. The van der Waals surface area contributed by atoms with Crippen molar-refractivity contribution in [3.8, 4) is 0 Å². The highest BCUT2D eigenvalue weighted by atomic mass is 32.1. The Bertz CT molecular complexity index is 1030. The van der Waals surface area contributed by atoms with E-state index in [1.807, 2.05) is 30.0 Å². The summed E-state index contributed by atoms with van der Waals surface area (Å²) in [6.45, 7) is 9.34. The first-order chi connectivity index (χ1) is 12.8. The van der Waals surface area contributed by atoms with Crippen molar-refractivity contribution < 1.29 is 4.79 Å². The fourth-order valence-corrected chi connectivity index (χ4v) is 3.83. The zero-order valence-electron chi connectivity index (χ0n) is 16.4. The van der Waals surface area contributed by atoms with Crippen molar-refractivity contribution in [3.63, 3.8) is 0 Å². The Morgan fingerprint density at radius 3 is 2.81 bits per heavy atom. The van der Waals surface area contributed by atoms with Gasteiger partial charge in [-0.15, -0.1) is 11.3 Å². The Balaban J connectivity index is 1.74. The summed E-state index contributed by atoms with van der Waals surface area (Å²) in [5.74, 6) is 0.952. The molecule has 1 N–H and O–H groups in total. The van der Waals surface area contributed by atoms with E-state index in [-0.39, 0.29) is 24.4 Å². The van der Waals surface area contributed by atoms with Crippen molar-refractivity contribution in [2.24, 2.45) is 5.92 Å². The number of aromatic amines is 1. The first-order valence-electron chi connectivity index (χ1n) is 8.99. The minimum absolute atomic E-state index is 0.0293. The van der Waals surface area contributed by atoms with Crippen molar-refractivity contribution in [1.82, 2.24) is 24.6 Å². The van der Waals surface area contributed by atoms with Crippen LogP contribution in [-0.4, -0.2) is 37.6 Å². The highest BCUT2D eigenvalue weighted by Crippen LogP contribution is 2.17. The van der Waals surface area contributed by atoms with Gasteiger partial charge in [0, 0.05) is 24.8 Å². The minimum Gasteiger partial charge on any atom is -0.338 e. The maximum Gasteiger partial charge on any atom is 0.268 e. The molecule has 0 aromatic carbocycles. The van der Waals surface area contributed by atoms with Gasteiger partial charge in [-0.3, -0.25) is 14.3 Å². The summed E-state index contributed by atoms with van der Waals surface area (Å²) in [6, 6.07) is 1.82. The summed E-state index contributed by atoms with van der Waals surface area (Å²) >= 11 is 1.36. The molecular weight excluding hydrogens is 362 g/mol. The SMILES string of the molecule is Cc1nn(CC(C)C)c(C)c1CC(=O)N(C)Cc1nc2ccsc2c(=O)[nH]1. The number of aromatic nitrogens is 4. The highest BCUT2D eigenvalue weighted by molar-refractivity contribution is 7.17. The van der Waals surface area contributed by atoms with Crippen LogP contribution in [0.2, 0.25) is 0 Å².